The molecule has 0 fully saturated rings. The molecule has 11 rings (SSSR count). The van der Waals surface area contributed by atoms with E-state index in [2.05, 4.69) is 154 Å². The van der Waals surface area contributed by atoms with Crippen molar-refractivity contribution in [3.05, 3.63) is 182 Å². The second-order valence-electron chi connectivity index (χ2n) is 13.5. The Morgan fingerprint density at radius 3 is 1.75 bits per heavy atom. The number of aromatic nitrogens is 4. The molecule has 0 saturated carbocycles. The highest BCUT2D eigenvalue weighted by atomic mass is 16.3. The highest BCUT2D eigenvalue weighted by Crippen LogP contribution is 2.38. The molecule has 0 bridgehead atoms. The first-order valence-corrected chi connectivity index (χ1v) is 17.8. The first-order valence-electron chi connectivity index (χ1n) is 17.8. The third kappa shape index (κ3) is 4.71. The van der Waals surface area contributed by atoms with Crippen LogP contribution in [0.5, 0.6) is 0 Å². The maximum atomic E-state index is 6.11. The van der Waals surface area contributed by atoms with Gasteiger partial charge < -0.3 is 8.98 Å². The average molecular weight is 679 g/mol. The van der Waals surface area contributed by atoms with Gasteiger partial charge in [-0.3, -0.25) is 9.55 Å². The van der Waals surface area contributed by atoms with Crippen LogP contribution in [0.2, 0.25) is 0 Å². The number of pyridine rings is 1. The van der Waals surface area contributed by atoms with E-state index in [-0.39, 0.29) is 0 Å². The molecule has 0 atom stereocenters. The van der Waals surface area contributed by atoms with E-state index in [0.29, 0.717) is 0 Å². The fraction of sp³-hybridized carbons (Fsp3) is 0. The van der Waals surface area contributed by atoms with Crippen LogP contribution in [0.15, 0.2) is 187 Å². The molecule has 0 aliphatic rings. The smallest absolute Gasteiger partial charge is 0.145 e. The first kappa shape index (κ1) is 29.5. The van der Waals surface area contributed by atoms with Gasteiger partial charge in [-0.2, -0.15) is 0 Å². The summed E-state index contributed by atoms with van der Waals surface area (Å²) in [7, 11) is 0. The molecule has 0 N–H and O–H groups in total. The molecule has 0 aliphatic heterocycles. The molecule has 0 spiro atoms. The van der Waals surface area contributed by atoms with Gasteiger partial charge in [0.05, 0.1) is 22.1 Å². The lowest BCUT2D eigenvalue weighted by molar-refractivity contribution is 0.669. The maximum Gasteiger partial charge on any atom is 0.145 e. The van der Waals surface area contributed by atoms with Crippen LogP contribution in [0.3, 0.4) is 0 Å². The molecule has 4 heterocycles. The summed E-state index contributed by atoms with van der Waals surface area (Å²) < 4.78 is 10.7. The minimum absolute atomic E-state index is 0.908. The summed E-state index contributed by atoms with van der Waals surface area (Å²) in [4.78, 5) is 9.29. The van der Waals surface area contributed by atoms with E-state index in [9.17, 15) is 0 Å². The molecule has 0 saturated heterocycles. The molecule has 5 nitrogen and oxygen atoms in total. The second kappa shape index (κ2) is 11.7. The van der Waals surface area contributed by atoms with E-state index in [1.54, 1.807) is 0 Å². The van der Waals surface area contributed by atoms with E-state index < -0.39 is 0 Å². The van der Waals surface area contributed by atoms with Crippen molar-refractivity contribution in [1.82, 2.24) is 19.1 Å². The summed E-state index contributed by atoms with van der Waals surface area (Å²) >= 11 is 0. The second-order valence-corrected chi connectivity index (χ2v) is 13.5. The number of hydrogen-bond donors (Lipinski definition) is 0. The molecule has 11 aromatic rings. The van der Waals surface area contributed by atoms with E-state index >= 15 is 0 Å². The molecule has 0 aliphatic carbocycles. The lowest BCUT2D eigenvalue weighted by Gasteiger charge is -2.13. The Kier molecular flexibility index (Phi) is 6.48. The van der Waals surface area contributed by atoms with Crippen LogP contribution >= 0.6 is 0 Å². The summed E-state index contributed by atoms with van der Waals surface area (Å²) in [6.45, 7) is 0. The molecular weight excluding hydrogens is 649 g/mol. The topological polar surface area (TPSA) is 48.8 Å². The Hall–Kier alpha value is -7.24. The molecule has 0 unspecified atom stereocenters. The standard InChI is InChI=1S/C48H30N4O/c1-4-10-43-38(7-1)40-29-34(35-18-24-47-41(30-35)39-8-2-6-12-46(39)53-47)17-23-44(40)51(43)36-19-21-37(22-20-36)52-45-11-5-3-9-42(45)50-48(52)33-15-13-31(14-16-33)32-25-27-49-28-26-32/h1-30H. The van der Waals surface area contributed by atoms with E-state index in [0.717, 1.165) is 66.9 Å². The van der Waals surface area contributed by atoms with Gasteiger partial charge in [0.2, 0.25) is 0 Å². The SMILES string of the molecule is c1ccc2c(c1)nc(-c1ccc(-c3ccncc3)cc1)n2-c1ccc(-n2c3ccccc3c3cc(-c4ccc5oc6ccccc6c5c4)ccc32)cc1. The molecule has 5 heteroatoms. The van der Waals surface area contributed by atoms with Crippen LogP contribution in [0.25, 0.3) is 99.8 Å². The summed E-state index contributed by atoms with van der Waals surface area (Å²) in [5.74, 6) is 0.909. The zero-order chi connectivity index (χ0) is 34.9. The Bertz CT molecular complexity index is 3150. The number of fused-ring (bicyclic) bond motifs is 7. The van der Waals surface area contributed by atoms with Gasteiger partial charge in [-0.1, -0.05) is 84.9 Å². The highest BCUT2D eigenvalue weighted by Gasteiger charge is 2.17. The molecule has 248 valence electrons. The number of furan rings is 1. The van der Waals surface area contributed by atoms with Gasteiger partial charge in [0.25, 0.3) is 0 Å². The van der Waals surface area contributed by atoms with Crippen molar-refractivity contribution < 1.29 is 4.42 Å². The van der Waals surface area contributed by atoms with E-state index in [1.807, 2.05) is 42.7 Å². The van der Waals surface area contributed by atoms with Crippen LogP contribution in [-0.2, 0) is 0 Å². The minimum atomic E-state index is 0.908. The fourth-order valence-electron chi connectivity index (χ4n) is 7.92. The van der Waals surface area contributed by atoms with Crippen LogP contribution in [0, 0.1) is 0 Å². The van der Waals surface area contributed by atoms with Crippen LogP contribution in [0.4, 0.5) is 0 Å². The van der Waals surface area contributed by atoms with Crippen LogP contribution < -0.4 is 0 Å². The molecule has 4 aromatic heterocycles. The lowest BCUT2D eigenvalue weighted by atomic mass is 10.0. The number of benzene rings is 7. The number of para-hydroxylation sites is 4. The normalized spacial score (nSPS) is 11.8. The van der Waals surface area contributed by atoms with Crippen LogP contribution in [-0.4, -0.2) is 19.1 Å². The monoisotopic (exact) mass is 678 g/mol. The van der Waals surface area contributed by atoms with Gasteiger partial charge >= 0.3 is 0 Å². The van der Waals surface area contributed by atoms with Gasteiger partial charge in [0.1, 0.15) is 17.0 Å². The largest absolute Gasteiger partial charge is 0.456 e. The molecule has 0 radical (unpaired) electrons. The molecule has 53 heavy (non-hydrogen) atoms. The highest BCUT2D eigenvalue weighted by molar-refractivity contribution is 6.11. The molecular formula is C48H30N4O. The first-order chi connectivity index (χ1) is 26.3. The zero-order valence-corrected chi connectivity index (χ0v) is 28.5. The molecule has 7 aromatic carbocycles. The van der Waals surface area contributed by atoms with Gasteiger partial charge in [-0.15, -0.1) is 0 Å². The minimum Gasteiger partial charge on any atom is -0.456 e. The zero-order valence-electron chi connectivity index (χ0n) is 28.5. The third-order valence-corrected chi connectivity index (χ3v) is 10.5. The van der Waals surface area contributed by atoms with Crippen molar-refractivity contribution in [2.75, 3.05) is 0 Å². The predicted molar refractivity (Wildman–Crippen MR) is 217 cm³/mol. The third-order valence-electron chi connectivity index (χ3n) is 10.5. The van der Waals surface area contributed by atoms with Crippen molar-refractivity contribution in [3.8, 4) is 45.0 Å². The van der Waals surface area contributed by atoms with Crippen molar-refractivity contribution >= 4 is 54.8 Å². The van der Waals surface area contributed by atoms with Crippen molar-refractivity contribution in [2.24, 2.45) is 0 Å². The van der Waals surface area contributed by atoms with Crippen molar-refractivity contribution in [2.45, 2.75) is 0 Å². The number of hydrogen-bond acceptors (Lipinski definition) is 3. The maximum absolute atomic E-state index is 6.11. The lowest BCUT2D eigenvalue weighted by Crippen LogP contribution is -1.99. The van der Waals surface area contributed by atoms with Gasteiger partial charge in [0.15, 0.2) is 0 Å². The van der Waals surface area contributed by atoms with Crippen molar-refractivity contribution in [3.63, 3.8) is 0 Å². The Balaban J connectivity index is 1.01. The molecule has 0 amide bonds. The van der Waals surface area contributed by atoms with Gasteiger partial charge in [-0.05, 0) is 107 Å². The Morgan fingerprint density at radius 1 is 0.377 bits per heavy atom. The number of imidazole rings is 1. The summed E-state index contributed by atoms with van der Waals surface area (Å²) in [6.07, 6.45) is 3.65. The van der Waals surface area contributed by atoms with E-state index in [1.165, 1.54) is 32.9 Å². The quantitative estimate of drug-likeness (QED) is 0.182. The Labute approximate surface area is 304 Å². The Morgan fingerprint density at radius 2 is 0.943 bits per heavy atom. The van der Waals surface area contributed by atoms with Gasteiger partial charge in [-0.25, -0.2) is 4.98 Å². The summed E-state index contributed by atoms with van der Waals surface area (Å²) in [6, 6.07) is 60.1. The van der Waals surface area contributed by atoms with Gasteiger partial charge in [0, 0.05) is 50.9 Å². The van der Waals surface area contributed by atoms with Crippen LogP contribution in [0.1, 0.15) is 0 Å². The summed E-state index contributed by atoms with van der Waals surface area (Å²) in [5.41, 5.74) is 14.0. The average Bonchev–Trinajstić information content (AvgIpc) is 3.91. The van der Waals surface area contributed by atoms with Crippen molar-refractivity contribution in [1.29, 1.82) is 0 Å². The number of rotatable bonds is 5. The number of nitrogens with zero attached hydrogens (tertiary/aromatic N) is 4. The van der Waals surface area contributed by atoms with E-state index in [4.69, 9.17) is 9.40 Å². The predicted octanol–water partition coefficient (Wildman–Crippen LogP) is 12.4. The fourth-order valence-corrected chi connectivity index (χ4v) is 7.92. The summed E-state index contributed by atoms with van der Waals surface area (Å²) in [5, 5.41) is 4.72.